The molecular formula is C13H13NO3S. The van der Waals surface area contributed by atoms with Gasteiger partial charge in [0.1, 0.15) is 6.04 Å². The van der Waals surface area contributed by atoms with E-state index in [0.717, 1.165) is 15.6 Å². The number of thiophene rings is 1. The molecule has 1 heterocycles. The van der Waals surface area contributed by atoms with Crippen molar-refractivity contribution >= 4 is 33.3 Å². The molecule has 1 aromatic carbocycles. The van der Waals surface area contributed by atoms with E-state index in [4.69, 9.17) is 5.11 Å². The number of carbonyl (C=O) groups is 2. The third-order valence-corrected chi connectivity index (χ3v) is 3.67. The second-order valence-corrected chi connectivity index (χ2v) is 4.96. The first kappa shape index (κ1) is 12.6. The van der Waals surface area contributed by atoms with E-state index >= 15 is 0 Å². The van der Waals surface area contributed by atoms with Crippen LogP contribution in [0.3, 0.4) is 0 Å². The molecule has 0 saturated heterocycles. The summed E-state index contributed by atoms with van der Waals surface area (Å²) in [5.41, 5.74) is 0.955. The smallest absolute Gasteiger partial charge is 0.326 e. The number of rotatable bonds is 4. The number of hydrogen-bond donors (Lipinski definition) is 2. The summed E-state index contributed by atoms with van der Waals surface area (Å²) in [6, 6.07) is 6.96. The Morgan fingerprint density at radius 2 is 2.11 bits per heavy atom. The summed E-state index contributed by atoms with van der Waals surface area (Å²) in [6.45, 7) is 1.32. The van der Waals surface area contributed by atoms with Crippen LogP contribution in [0.2, 0.25) is 0 Å². The highest BCUT2D eigenvalue weighted by Crippen LogP contribution is 2.26. The topological polar surface area (TPSA) is 66.4 Å². The molecule has 94 valence electrons. The lowest BCUT2D eigenvalue weighted by Crippen LogP contribution is -2.41. The summed E-state index contributed by atoms with van der Waals surface area (Å²) in [6.07, 6.45) is 0.304. The van der Waals surface area contributed by atoms with E-state index in [1.807, 2.05) is 29.6 Å². The number of aliphatic carboxylic acids is 1. The molecule has 1 atom stereocenters. The highest BCUT2D eigenvalue weighted by Gasteiger charge is 2.20. The molecular weight excluding hydrogens is 250 g/mol. The Morgan fingerprint density at radius 1 is 1.39 bits per heavy atom. The standard InChI is InChI=1S/C13H13NO3S/c1-8(15)14-11(13(16)17)6-9-7-18-12-5-3-2-4-10(9)12/h2-5,7,11H,6H2,1H3,(H,14,15)(H,16,17)/t11-/m0/s1. The Labute approximate surface area is 108 Å². The van der Waals surface area contributed by atoms with Crippen molar-refractivity contribution in [1.82, 2.24) is 5.32 Å². The van der Waals surface area contributed by atoms with Crippen LogP contribution in [0.15, 0.2) is 29.6 Å². The Hall–Kier alpha value is -1.88. The molecule has 0 aliphatic carbocycles. The molecule has 0 spiro atoms. The Balaban J connectivity index is 2.26. The minimum Gasteiger partial charge on any atom is -0.480 e. The normalized spacial score (nSPS) is 12.3. The van der Waals surface area contributed by atoms with Crippen LogP contribution >= 0.6 is 11.3 Å². The molecule has 0 bridgehead atoms. The van der Waals surface area contributed by atoms with E-state index in [-0.39, 0.29) is 5.91 Å². The zero-order valence-corrected chi connectivity index (χ0v) is 10.7. The van der Waals surface area contributed by atoms with Crippen molar-refractivity contribution in [3.05, 3.63) is 35.2 Å². The number of hydrogen-bond acceptors (Lipinski definition) is 3. The molecule has 5 heteroatoms. The number of fused-ring (bicyclic) bond motifs is 1. The van der Waals surface area contributed by atoms with Crippen LogP contribution < -0.4 is 5.32 Å². The molecule has 18 heavy (non-hydrogen) atoms. The van der Waals surface area contributed by atoms with Gasteiger partial charge < -0.3 is 10.4 Å². The molecule has 2 aromatic rings. The van der Waals surface area contributed by atoms with Crippen molar-refractivity contribution in [2.75, 3.05) is 0 Å². The molecule has 4 nitrogen and oxygen atoms in total. The number of amides is 1. The number of nitrogens with one attached hydrogen (secondary N) is 1. The molecule has 2 rings (SSSR count). The van der Waals surface area contributed by atoms with Crippen molar-refractivity contribution in [3.63, 3.8) is 0 Å². The quantitative estimate of drug-likeness (QED) is 0.887. The molecule has 0 saturated carbocycles. The summed E-state index contributed by atoms with van der Waals surface area (Å²) in [5, 5.41) is 14.5. The van der Waals surface area contributed by atoms with Crippen molar-refractivity contribution in [3.8, 4) is 0 Å². The highest BCUT2D eigenvalue weighted by molar-refractivity contribution is 7.17. The fourth-order valence-electron chi connectivity index (χ4n) is 1.86. The van der Waals surface area contributed by atoms with Crippen LogP contribution in [0.1, 0.15) is 12.5 Å². The van der Waals surface area contributed by atoms with Crippen LogP contribution in [0.5, 0.6) is 0 Å². The van der Waals surface area contributed by atoms with Crippen LogP contribution in [0, 0.1) is 0 Å². The largest absolute Gasteiger partial charge is 0.480 e. The number of carbonyl (C=O) groups excluding carboxylic acids is 1. The Bertz CT molecular complexity index is 591. The second kappa shape index (κ2) is 5.18. The minimum atomic E-state index is -1.01. The Kier molecular flexibility index (Phi) is 3.62. The van der Waals surface area contributed by atoms with Gasteiger partial charge in [-0.1, -0.05) is 18.2 Å². The van der Waals surface area contributed by atoms with Gasteiger partial charge in [-0.2, -0.15) is 0 Å². The SMILES string of the molecule is CC(=O)N[C@@H](Cc1csc2ccccc12)C(=O)O. The van der Waals surface area contributed by atoms with Crippen LogP contribution in [-0.4, -0.2) is 23.0 Å². The lowest BCUT2D eigenvalue weighted by atomic mass is 10.1. The predicted octanol–water partition coefficient (Wildman–Crippen LogP) is 2.03. The molecule has 0 unspecified atom stereocenters. The van der Waals surface area contributed by atoms with Crippen molar-refractivity contribution < 1.29 is 14.7 Å². The fraction of sp³-hybridized carbons (Fsp3) is 0.231. The minimum absolute atomic E-state index is 0.304. The van der Waals surface area contributed by atoms with Gasteiger partial charge in [0.25, 0.3) is 0 Å². The zero-order valence-electron chi connectivity index (χ0n) is 9.84. The zero-order chi connectivity index (χ0) is 13.1. The van der Waals surface area contributed by atoms with Gasteiger partial charge >= 0.3 is 5.97 Å². The first-order chi connectivity index (χ1) is 8.58. The molecule has 0 aliphatic rings. The predicted molar refractivity (Wildman–Crippen MR) is 70.8 cm³/mol. The third-order valence-electron chi connectivity index (χ3n) is 2.66. The van der Waals surface area contributed by atoms with Gasteiger partial charge in [-0.25, -0.2) is 4.79 Å². The molecule has 1 amide bonds. The van der Waals surface area contributed by atoms with E-state index < -0.39 is 12.0 Å². The highest BCUT2D eigenvalue weighted by atomic mass is 32.1. The average Bonchev–Trinajstić information content (AvgIpc) is 2.71. The maximum Gasteiger partial charge on any atom is 0.326 e. The maximum absolute atomic E-state index is 11.1. The monoisotopic (exact) mass is 263 g/mol. The molecule has 0 aliphatic heterocycles. The molecule has 0 fully saturated rings. The first-order valence-corrected chi connectivity index (χ1v) is 6.41. The van der Waals surface area contributed by atoms with E-state index in [1.54, 1.807) is 11.3 Å². The molecule has 2 N–H and O–H groups in total. The number of benzene rings is 1. The van der Waals surface area contributed by atoms with Crippen molar-refractivity contribution in [2.24, 2.45) is 0 Å². The first-order valence-electron chi connectivity index (χ1n) is 5.53. The second-order valence-electron chi connectivity index (χ2n) is 4.05. The van der Waals surface area contributed by atoms with Gasteiger partial charge in [0.05, 0.1) is 0 Å². The summed E-state index contributed by atoms with van der Waals surface area (Å²) < 4.78 is 1.12. The van der Waals surface area contributed by atoms with Gasteiger partial charge in [0.2, 0.25) is 5.91 Å². The summed E-state index contributed by atoms with van der Waals surface area (Å²) in [7, 11) is 0. The number of carboxylic acid groups (broad SMARTS) is 1. The third kappa shape index (κ3) is 2.68. The summed E-state index contributed by atoms with van der Waals surface area (Å²) >= 11 is 1.58. The van der Waals surface area contributed by atoms with Gasteiger partial charge in [0.15, 0.2) is 0 Å². The lowest BCUT2D eigenvalue weighted by Gasteiger charge is -2.12. The molecule has 0 radical (unpaired) electrons. The van der Waals surface area contributed by atoms with E-state index in [2.05, 4.69) is 5.32 Å². The van der Waals surface area contributed by atoms with Crippen molar-refractivity contribution in [2.45, 2.75) is 19.4 Å². The lowest BCUT2D eigenvalue weighted by molar-refractivity contribution is -0.141. The van der Waals surface area contributed by atoms with Gasteiger partial charge in [-0.3, -0.25) is 4.79 Å². The van der Waals surface area contributed by atoms with Gasteiger partial charge in [-0.05, 0) is 22.4 Å². The summed E-state index contributed by atoms with van der Waals surface area (Å²) in [5.74, 6) is -1.34. The van der Waals surface area contributed by atoms with Crippen LogP contribution in [0.25, 0.3) is 10.1 Å². The van der Waals surface area contributed by atoms with Crippen LogP contribution in [0.4, 0.5) is 0 Å². The van der Waals surface area contributed by atoms with Gasteiger partial charge in [0, 0.05) is 18.0 Å². The molecule has 1 aromatic heterocycles. The fourth-order valence-corrected chi connectivity index (χ4v) is 2.83. The van der Waals surface area contributed by atoms with Crippen LogP contribution in [-0.2, 0) is 16.0 Å². The van der Waals surface area contributed by atoms with E-state index in [9.17, 15) is 9.59 Å². The summed E-state index contributed by atoms with van der Waals surface area (Å²) in [4.78, 5) is 22.1. The van der Waals surface area contributed by atoms with Gasteiger partial charge in [-0.15, -0.1) is 11.3 Å². The van der Waals surface area contributed by atoms with E-state index in [0.29, 0.717) is 6.42 Å². The number of carboxylic acids is 1. The van der Waals surface area contributed by atoms with Crippen molar-refractivity contribution in [1.29, 1.82) is 0 Å². The maximum atomic E-state index is 11.1. The van der Waals surface area contributed by atoms with E-state index in [1.165, 1.54) is 6.92 Å². The average molecular weight is 263 g/mol. The Morgan fingerprint density at radius 3 is 2.78 bits per heavy atom.